The molecule has 3 fully saturated rings. The Morgan fingerprint density at radius 1 is 1.06 bits per heavy atom. The van der Waals surface area contributed by atoms with E-state index in [9.17, 15) is 18.4 Å². The summed E-state index contributed by atoms with van der Waals surface area (Å²) in [6, 6.07) is 8.67. The van der Waals surface area contributed by atoms with E-state index in [1.54, 1.807) is 15.9 Å². The van der Waals surface area contributed by atoms with Gasteiger partial charge in [0.2, 0.25) is 0 Å². The van der Waals surface area contributed by atoms with Gasteiger partial charge in [0.25, 0.3) is 11.8 Å². The monoisotopic (exact) mass is 482 g/mol. The molecular formula is C27H28F2N2O4. The molecule has 2 amide bonds. The molecule has 6 nitrogen and oxygen atoms in total. The average Bonchev–Trinajstić information content (AvgIpc) is 3.43. The minimum absolute atomic E-state index is 0.103. The number of nitrogens with zero attached hydrogens (tertiary/aromatic N) is 2. The van der Waals surface area contributed by atoms with E-state index in [1.807, 2.05) is 26.0 Å². The summed E-state index contributed by atoms with van der Waals surface area (Å²) in [5.41, 5.74) is 0.693. The molecule has 2 atom stereocenters. The molecule has 2 aromatic rings. The summed E-state index contributed by atoms with van der Waals surface area (Å²) in [5, 5.41) is 0. The van der Waals surface area contributed by atoms with Gasteiger partial charge in [-0.05, 0) is 56.0 Å². The molecule has 0 aliphatic carbocycles. The third-order valence-electron chi connectivity index (χ3n) is 7.77. The summed E-state index contributed by atoms with van der Waals surface area (Å²) in [4.78, 5) is 30.4. The zero-order chi connectivity index (χ0) is 24.5. The lowest BCUT2D eigenvalue weighted by Crippen LogP contribution is -2.51. The molecule has 3 saturated heterocycles. The van der Waals surface area contributed by atoms with Gasteiger partial charge in [0.1, 0.15) is 29.2 Å². The molecule has 0 N–H and O–H groups in total. The van der Waals surface area contributed by atoms with Crippen molar-refractivity contribution in [2.45, 2.75) is 69.4 Å². The Morgan fingerprint density at radius 2 is 1.77 bits per heavy atom. The lowest BCUT2D eigenvalue weighted by atomic mass is 9.89. The smallest absolute Gasteiger partial charge is 0.257 e. The van der Waals surface area contributed by atoms with Crippen LogP contribution in [0.4, 0.5) is 8.78 Å². The molecule has 35 heavy (non-hydrogen) atoms. The number of carbonyl (C=O) groups excluding carboxylic acids is 2. The van der Waals surface area contributed by atoms with Crippen molar-refractivity contribution in [2.75, 3.05) is 13.1 Å². The number of benzene rings is 2. The second-order valence-corrected chi connectivity index (χ2v) is 10.7. The van der Waals surface area contributed by atoms with E-state index < -0.39 is 29.5 Å². The Balaban J connectivity index is 1.18. The normalized spacial score (nSPS) is 26.1. The molecule has 0 radical (unpaired) electrons. The Labute approximate surface area is 202 Å². The Kier molecular flexibility index (Phi) is 4.97. The van der Waals surface area contributed by atoms with Gasteiger partial charge in [-0.2, -0.15) is 0 Å². The summed E-state index contributed by atoms with van der Waals surface area (Å²) in [5.74, 6) is -0.905. The first kappa shape index (κ1) is 22.5. The summed E-state index contributed by atoms with van der Waals surface area (Å²) in [7, 11) is 0. The number of likely N-dealkylation sites (tertiary alicyclic amines) is 1. The molecule has 0 bridgehead atoms. The molecule has 1 spiro atoms. The van der Waals surface area contributed by atoms with Crippen LogP contribution in [0.15, 0.2) is 36.4 Å². The Bertz CT molecular complexity index is 1200. The van der Waals surface area contributed by atoms with Crippen molar-refractivity contribution in [3.8, 4) is 5.75 Å². The van der Waals surface area contributed by atoms with Crippen LogP contribution in [0.3, 0.4) is 0 Å². The van der Waals surface area contributed by atoms with Gasteiger partial charge in [0.05, 0.1) is 11.6 Å². The van der Waals surface area contributed by atoms with Crippen LogP contribution in [0.1, 0.15) is 67.1 Å². The standard InChI is InChI=1S/C27H28F2N2O4/c1-26(2)15-16-4-3-5-20(23(16)35-26)24(32)30-10-8-27(9-11-30)25(33)31-21(6-7-22(31)34-27)17-12-18(28)14-19(29)13-17/h3-5,12-14,21-22H,6-11,15H2,1-2H3/t21-,22?/m0/s1. The summed E-state index contributed by atoms with van der Waals surface area (Å²) >= 11 is 0. The summed E-state index contributed by atoms with van der Waals surface area (Å²) < 4.78 is 40.0. The van der Waals surface area contributed by atoms with Gasteiger partial charge in [0.15, 0.2) is 5.60 Å². The molecule has 6 rings (SSSR count). The number of para-hydroxylation sites is 1. The third kappa shape index (κ3) is 3.61. The highest BCUT2D eigenvalue weighted by molar-refractivity contribution is 5.98. The van der Waals surface area contributed by atoms with E-state index in [0.717, 1.165) is 18.1 Å². The fourth-order valence-electron chi connectivity index (χ4n) is 6.17. The van der Waals surface area contributed by atoms with E-state index in [4.69, 9.17) is 9.47 Å². The largest absolute Gasteiger partial charge is 0.486 e. The van der Waals surface area contributed by atoms with Crippen LogP contribution in [0, 0.1) is 11.6 Å². The van der Waals surface area contributed by atoms with E-state index in [-0.39, 0.29) is 17.4 Å². The number of carbonyl (C=O) groups is 2. The predicted molar refractivity (Wildman–Crippen MR) is 123 cm³/mol. The summed E-state index contributed by atoms with van der Waals surface area (Å²) in [6.07, 6.45) is 2.32. The van der Waals surface area contributed by atoms with Crippen LogP contribution in [0.5, 0.6) is 5.75 Å². The van der Waals surface area contributed by atoms with Crippen LogP contribution in [-0.2, 0) is 16.0 Å². The van der Waals surface area contributed by atoms with E-state index in [1.165, 1.54) is 12.1 Å². The Morgan fingerprint density at radius 3 is 2.49 bits per heavy atom. The SMILES string of the molecule is CC1(C)Cc2cccc(C(=O)N3CCC4(CC3)OC3CC[C@@H](c5cc(F)cc(F)c5)N3C4=O)c2O1. The van der Waals surface area contributed by atoms with E-state index >= 15 is 0 Å². The van der Waals surface area contributed by atoms with E-state index in [0.29, 0.717) is 55.6 Å². The quantitative estimate of drug-likeness (QED) is 0.638. The van der Waals surface area contributed by atoms with E-state index in [2.05, 4.69) is 0 Å². The van der Waals surface area contributed by atoms with Gasteiger partial charge in [-0.25, -0.2) is 8.78 Å². The Hall–Kier alpha value is -3.00. The number of fused-ring (bicyclic) bond motifs is 2. The molecule has 4 aliphatic heterocycles. The maximum atomic E-state index is 13.8. The van der Waals surface area contributed by atoms with Crippen molar-refractivity contribution in [3.63, 3.8) is 0 Å². The topological polar surface area (TPSA) is 59.1 Å². The number of ether oxygens (including phenoxy) is 2. The number of piperidine rings is 1. The van der Waals surface area contributed by atoms with Crippen LogP contribution in [-0.4, -0.2) is 52.1 Å². The molecule has 2 aromatic carbocycles. The molecule has 0 saturated carbocycles. The highest BCUT2D eigenvalue weighted by atomic mass is 19.1. The highest BCUT2D eigenvalue weighted by Crippen LogP contribution is 2.48. The van der Waals surface area contributed by atoms with Crippen LogP contribution < -0.4 is 4.74 Å². The first-order chi connectivity index (χ1) is 16.7. The molecule has 8 heteroatoms. The third-order valence-corrected chi connectivity index (χ3v) is 7.77. The van der Waals surface area contributed by atoms with Gasteiger partial charge in [-0.15, -0.1) is 0 Å². The fourth-order valence-corrected chi connectivity index (χ4v) is 6.17. The van der Waals surface area contributed by atoms with Crippen LogP contribution >= 0.6 is 0 Å². The zero-order valence-corrected chi connectivity index (χ0v) is 19.9. The first-order valence-electron chi connectivity index (χ1n) is 12.2. The minimum Gasteiger partial charge on any atom is -0.486 e. The first-order valence-corrected chi connectivity index (χ1v) is 12.2. The molecule has 0 aromatic heterocycles. The van der Waals surface area contributed by atoms with Crippen molar-refractivity contribution in [1.29, 1.82) is 0 Å². The number of halogens is 2. The van der Waals surface area contributed by atoms with Gasteiger partial charge >= 0.3 is 0 Å². The van der Waals surface area contributed by atoms with Crippen molar-refractivity contribution >= 4 is 11.8 Å². The average molecular weight is 483 g/mol. The number of hydrogen-bond acceptors (Lipinski definition) is 4. The van der Waals surface area contributed by atoms with Gasteiger partial charge in [-0.3, -0.25) is 9.59 Å². The minimum atomic E-state index is -0.997. The second kappa shape index (κ2) is 7.75. The molecule has 4 aliphatic rings. The van der Waals surface area contributed by atoms with Crippen molar-refractivity contribution in [3.05, 3.63) is 64.7 Å². The number of amides is 2. The highest BCUT2D eigenvalue weighted by Gasteiger charge is 2.58. The van der Waals surface area contributed by atoms with Crippen LogP contribution in [0.2, 0.25) is 0 Å². The molecule has 1 unspecified atom stereocenters. The molecule has 4 heterocycles. The lowest BCUT2D eigenvalue weighted by Gasteiger charge is -2.37. The van der Waals surface area contributed by atoms with Crippen molar-refractivity contribution in [2.24, 2.45) is 0 Å². The van der Waals surface area contributed by atoms with Crippen molar-refractivity contribution < 1.29 is 27.8 Å². The molecular weight excluding hydrogens is 454 g/mol. The maximum absolute atomic E-state index is 13.8. The second-order valence-electron chi connectivity index (χ2n) is 10.7. The van der Waals surface area contributed by atoms with Gasteiger partial charge < -0.3 is 19.3 Å². The number of hydrogen-bond donors (Lipinski definition) is 0. The molecule has 184 valence electrons. The zero-order valence-electron chi connectivity index (χ0n) is 19.9. The van der Waals surface area contributed by atoms with Gasteiger partial charge in [0, 0.05) is 38.4 Å². The maximum Gasteiger partial charge on any atom is 0.257 e. The predicted octanol–water partition coefficient (Wildman–Crippen LogP) is 4.37. The van der Waals surface area contributed by atoms with Gasteiger partial charge in [-0.1, -0.05) is 12.1 Å². The van der Waals surface area contributed by atoms with Crippen molar-refractivity contribution in [1.82, 2.24) is 9.80 Å². The van der Waals surface area contributed by atoms with Crippen LogP contribution in [0.25, 0.3) is 0 Å². The summed E-state index contributed by atoms with van der Waals surface area (Å²) in [6.45, 7) is 4.79. The number of rotatable bonds is 2. The fraction of sp³-hybridized carbons (Fsp3) is 0.481. The lowest BCUT2D eigenvalue weighted by molar-refractivity contribution is -0.142.